The van der Waals surface area contributed by atoms with Gasteiger partial charge >= 0.3 is 6.18 Å². The summed E-state index contributed by atoms with van der Waals surface area (Å²) in [4.78, 5) is 24.6. The molecule has 2 fully saturated rings. The average molecular weight is 279 g/mol. The number of halogens is 3. The van der Waals surface area contributed by atoms with Gasteiger partial charge in [-0.25, -0.2) is 0 Å². The van der Waals surface area contributed by atoms with Gasteiger partial charge in [-0.15, -0.1) is 0 Å². The molecule has 2 N–H and O–H groups in total. The van der Waals surface area contributed by atoms with Gasteiger partial charge in [-0.05, 0) is 12.8 Å². The normalized spacial score (nSPS) is 29.0. The van der Waals surface area contributed by atoms with Crippen molar-refractivity contribution in [3.63, 3.8) is 0 Å². The summed E-state index contributed by atoms with van der Waals surface area (Å²) in [5.41, 5.74) is 0. The van der Waals surface area contributed by atoms with Crippen molar-refractivity contribution in [2.45, 2.75) is 25.1 Å². The Kier molecular flexibility index (Phi) is 3.98. The second-order valence-corrected chi connectivity index (χ2v) is 4.89. The molecule has 0 aliphatic carbocycles. The van der Waals surface area contributed by atoms with Gasteiger partial charge in [0.25, 0.3) is 0 Å². The lowest BCUT2D eigenvalue weighted by atomic mass is 9.93. The molecule has 0 aromatic heterocycles. The van der Waals surface area contributed by atoms with E-state index in [1.54, 1.807) is 0 Å². The molecule has 2 saturated heterocycles. The molecule has 2 atom stereocenters. The molecule has 0 spiro atoms. The maximum absolute atomic E-state index is 12.5. The zero-order valence-electron chi connectivity index (χ0n) is 10.3. The molecule has 2 rings (SSSR count). The van der Waals surface area contributed by atoms with Gasteiger partial charge < -0.3 is 15.5 Å². The molecule has 2 aliphatic rings. The molecular formula is C11H16F3N3O2. The molecule has 0 bridgehead atoms. The van der Waals surface area contributed by atoms with Crippen molar-refractivity contribution in [3.8, 4) is 0 Å². The fourth-order valence-electron chi connectivity index (χ4n) is 2.39. The molecule has 19 heavy (non-hydrogen) atoms. The molecule has 0 aromatic carbocycles. The van der Waals surface area contributed by atoms with E-state index in [1.807, 2.05) is 0 Å². The summed E-state index contributed by atoms with van der Waals surface area (Å²) in [6.07, 6.45) is -4.11. The summed E-state index contributed by atoms with van der Waals surface area (Å²) >= 11 is 0. The summed E-state index contributed by atoms with van der Waals surface area (Å²) in [6.45, 7) is 0.549. The molecule has 0 aromatic rings. The Labute approximate surface area is 108 Å². The van der Waals surface area contributed by atoms with Crippen LogP contribution in [0.15, 0.2) is 0 Å². The van der Waals surface area contributed by atoms with E-state index in [1.165, 1.54) is 4.90 Å². The third-order valence-corrected chi connectivity index (χ3v) is 3.53. The molecule has 5 nitrogen and oxygen atoms in total. The third kappa shape index (κ3) is 3.37. The van der Waals surface area contributed by atoms with Crippen LogP contribution in [0.25, 0.3) is 0 Å². The highest BCUT2D eigenvalue weighted by Gasteiger charge is 2.43. The van der Waals surface area contributed by atoms with Gasteiger partial charge in [-0.2, -0.15) is 13.2 Å². The Hall–Kier alpha value is -1.31. The Bertz CT molecular complexity index is 365. The van der Waals surface area contributed by atoms with Crippen molar-refractivity contribution < 1.29 is 22.8 Å². The number of alkyl halides is 3. The maximum atomic E-state index is 12.5. The highest BCUT2D eigenvalue weighted by Crippen LogP contribution is 2.32. The number of amides is 2. The van der Waals surface area contributed by atoms with E-state index >= 15 is 0 Å². The predicted molar refractivity (Wildman–Crippen MR) is 60.2 cm³/mol. The van der Waals surface area contributed by atoms with Crippen LogP contribution in [0.2, 0.25) is 0 Å². The van der Waals surface area contributed by atoms with E-state index in [0.29, 0.717) is 13.1 Å². The molecule has 2 amide bonds. The number of carbonyl (C=O) groups is 2. The van der Waals surface area contributed by atoms with Crippen molar-refractivity contribution in [1.29, 1.82) is 0 Å². The topological polar surface area (TPSA) is 61.4 Å². The molecular weight excluding hydrogens is 263 g/mol. The smallest absolute Gasteiger partial charge is 0.353 e. The quantitative estimate of drug-likeness (QED) is 0.703. The first-order valence-electron chi connectivity index (χ1n) is 6.23. The molecule has 8 heteroatoms. The summed E-state index contributed by atoms with van der Waals surface area (Å²) in [5, 5.41) is 5.24. The predicted octanol–water partition coefficient (Wildman–Crippen LogP) is -0.125. The van der Waals surface area contributed by atoms with Crippen LogP contribution >= 0.6 is 0 Å². The molecule has 2 unspecified atom stereocenters. The number of hydrogen-bond donors (Lipinski definition) is 2. The largest absolute Gasteiger partial charge is 0.393 e. The highest BCUT2D eigenvalue weighted by molar-refractivity contribution is 5.88. The van der Waals surface area contributed by atoms with E-state index in [2.05, 4.69) is 10.6 Å². The lowest BCUT2D eigenvalue weighted by Gasteiger charge is -2.34. The van der Waals surface area contributed by atoms with Crippen LogP contribution in [0, 0.1) is 5.92 Å². The SMILES string of the molecule is O=C1CN(C(=O)C2CCC(C(F)(F)F)CN2)CCN1. The Morgan fingerprint density at radius 2 is 2.05 bits per heavy atom. The lowest BCUT2D eigenvalue weighted by molar-refractivity contribution is -0.180. The van der Waals surface area contributed by atoms with Crippen LogP contribution in [0.1, 0.15) is 12.8 Å². The van der Waals surface area contributed by atoms with Gasteiger partial charge in [0.05, 0.1) is 18.5 Å². The minimum absolute atomic E-state index is 0.0142. The molecule has 108 valence electrons. The first-order chi connectivity index (χ1) is 8.88. The van der Waals surface area contributed by atoms with Gasteiger partial charge in [0, 0.05) is 19.6 Å². The Balaban J connectivity index is 1.87. The van der Waals surface area contributed by atoms with Gasteiger partial charge in [0.1, 0.15) is 0 Å². The average Bonchev–Trinajstić information content (AvgIpc) is 2.37. The fraction of sp³-hybridized carbons (Fsp3) is 0.818. The summed E-state index contributed by atoms with van der Waals surface area (Å²) < 4.78 is 37.5. The van der Waals surface area contributed by atoms with Crippen LogP contribution in [-0.4, -0.2) is 55.1 Å². The first kappa shape index (κ1) is 14.1. The molecule has 0 saturated carbocycles. The van der Waals surface area contributed by atoms with Crippen molar-refractivity contribution in [2.75, 3.05) is 26.2 Å². The molecule has 0 radical (unpaired) electrons. The number of piperazine rings is 1. The minimum Gasteiger partial charge on any atom is -0.353 e. The first-order valence-corrected chi connectivity index (χ1v) is 6.23. The van der Waals surface area contributed by atoms with Crippen molar-refractivity contribution in [3.05, 3.63) is 0 Å². The standard InChI is InChI=1S/C11H16F3N3O2/c12-11(13,14)7-1-2-8(16-5-7)10(19)17-4-3-15-9(18)6-17/h7-8,16H,1-6H2,(H,15,18). The zero-order valence-corrected chi connectivity index (χ0v) is 10.3. The zero-order chi connectivity index (χ0) is 14.0. The minimum atomic E-state index is -4.22. The summed E-state index contributed by atoms with van der Waals surface area (Å²) in [6, 6.07) is -0.607. The number of carbonyl (C=O) groups excluding carboxylic acids is 2. The van der Waals surface area contributed by atoms with Crippen LogP contribution in [0.4, 0.5) is 13.2 Å². The van der Waals surface area contributed by atoms with Gasteiger partial charge in [-0.1, -0.05) is 0 Å². The van der Waals surface area contributed by atoms with E-state index in [9.17, 15) is 22.8 Å². The second kappa shape index (κ2) is 5.36. The van der Waals surface area contributed by atoms with Crippen molar-refractivity contribution in [2.24, 2.45) is 5.92 Å². The molecule has 2 heterocycles. The number of piperidine rings is 1. The summed E-state index contributed by atoms with van der Waals surface area (Å²) in [5.74, 6) is -1.90. The van der Waals surface area contributed by atoms with E-state index in [-0.39, 0.29) is 37.7 Å². The van der Waals surface area contributed by atoms with E-state index < -0.39 is 18.1 Å². The van der Waals surface area contributed by atoms with Crippen LogP contribution in [0.3, 0.4) is 0 Å². The Morgan fingerprint density at radius 3 is 2.58 bits per heavy atom. The third-order valence-electron chi connectivity index (χ3n) is 3.53. The second-order valence-electron chi connectivity index (χ2n) is 4.89. The highest BCUT2D eigenvalue weighted by atomic mass is 19.4. The lowest BCUT2D eigenvalue weighted by Crippen LogP contribution is -2.57. The number of nitrogens with one attached hydrogen (secondary N) is 2. The van der Waals surface area contributed by atoms with Crippen molar-refractivity contribution in [1.82, 2.24) is 15.5 Å². The summed E-state index contributed by atoms with van der Waals surface area (Å²) in [7, 11) is 0. The Morgan fingerprint density at radius 1 is 1.32 bits per heavy atom. The van der Waals surface area contributed by atoms with E-state index in [0.717, 1.165) is 0 Å². The van der Waals surface area contributed by atoms with Gasteiger partial charge in [-0.3, -0.25) is 9.59 Å². The van der Waals surface area contributed by atoms with Crippen LogP contribution in [0.5, 0.6) is 0 Å². The number of nitrogens with zero attached hydrogens (tertiary/aromatic N) is 1. The molecule has 2 aliphatic heterocycles. The number of hydrogen-bond acceptors (Lipinski definition) is 3. The van der Waals surface area contributed by atoms with Crippen LogP contribution in [-0.2, 0) is 9.59 Å². The van der Waals surface area contributed by atoms with Gasteiger partial charge in [0.15, 0.2) is 0 Å². The van der Waals surface area contributed by atoms with Crippen molar-refractivity contribution >= 4 is 11.8 Å². The fourth-order valence-corrected chi connectivity index (χ4v) is 2.39. The van der Waals surface area contributed by atoms with E-state index in [4.69, 9.17) is 0 Å². The number of rotatable bonds is 1. The van der Waals surface area contributed by atoms with Gasteiger partial charge in [0.2, 0.25) is 11.8 Å². The monoisotopic (exact) mass is 279 g/mol. The van der Waals surface area contributed by atoms with Crippen LogP contribution < -0.4 is 10.6 Å². The maximum Gasteiger partial charge on any atom is 0.393 e.